The summed E-state index contributed by atoms with van der Waals surface area (Å²) in [6, 6.07) is 9.48. The van der Waals surface area contributed by atoms with Crippen LogP contribution in [0.25, 0.3) is 11.3 Å². The predicted molar refractivity (Wildman–Crippen MR) is 97.0 cm³/mol. The number of carbonyl (C=O) groups is 1. The van der Waals surface area contributed by atoms with Crippen molar-refractivity contribution in [2.45, 2.75) is 12.5 Å². The van der Waals surface area contributed by atoms with E-state index < -0.39 is 0 Å². The highest BCUT2D eigenvalue weighted by atomic mass is 32.1. The van der Waals surface area contributed by atoms with Gasteiger partial charge in [0.15, 0.2) is 5.13 Å². The Kier molecular flexibility index (Phi) is 4.10. The molecule has 1 fully saturated rings. The van der Waals surface area contributed by atoms with E-state index in [2.05, 4.69) is 10.1 Å². The van der Waals surface area contributed by atoms with Gasteiger partial charge in [-0.25, -0.2) is 4.98 Å². The van der Waals surface area contributed by atoms with Gasteiger partial charge in [-0.05, 0) is 18.6 Å². The first-order chi connectivity index (χ1) is 12.1. The normalized spacial score (nSPS) is 17.2. The topological polar surface area (TPSA) is 71.2 Å². The van der Waals surface area contributed by atoms with Crippen LogP contribution in [0.5, 0.6) is 0 Å². The molecule has 1 unspecified atom stereocenters. The van der Waals surface area contributed by atoms with Crippen molar-refractivity contribution in [2.24, 2.45) is 7.05 Å². The highest BCUT2D eigenvalue weighted by Gasteiger charge is 2.24. The van der Waals surface area contributed by atoms with E-state index >= 15 is 0 Å². The second-order valence-electron chi connectivity index (χ2n) is 6.15. The lowest BCUT2D eigenvalue weighted by Crippen LogP contribution is -2.20. The Hall–Kier alpha value is -2.51. The lowest BCUT2D eigenvalue weighted by atomic mass is 10.0. The van der Waals surface area contributed by atoms with Gasteiger partial charge in [-0.1, -0.05) is 29.5 Å². The number of aliphatic hydroxyl groups excluding tert-OH is 1. The number of hydrogen-bond donors (Lipinski definition) is 1. The lowest BCUT2D eigenvalue weighted by Gasteiger charge is -2.12. The molecule has 0 spiro atoms. The molecule has 4 rings (SSSR count). The second-order valence-corrected chi connectivity index (χ2v) is 7.15. The fourth-order valence-corrected chi connectivity index (χ4v) is 3.96. The third-order valence-electron chi connectivity index (χ3n) is 4.39. The predicted octanol–water partition coefficient (Wildman–Crippen LogP) is 2.35. The lowest BCUT2D eigenvalue weighted by molar-refractivity contribution is 0.104. The van der Waals surface area contributed by atoms with Crippen LogP contribution in [-0.2, 0) is 7.05 Å². The minimum absolute atomic E-state index is 0.0347. The smallest absolute Gasteiger partial charge is 0.204 e. The van der Waals surface area contributed by atoms with E-state index in [1.165, 1.54) is 11.3 Å². The summed E-state index contributed by atoms with van der Waals surface area (Å²) in [6.07, 6.45) is 3.81. The maximum absolute atomic E-state index is 12.8. The molecule has 0 saturated carbocycles. The molecule has 1 aliphatic rings. The van der Waals surface area contributed by atoms with Crippen molar-refractivity contribution in [3.63, 3.8) is 0 Å². The first-order valence-electron chi connectivity index (χ1n) is 8.14. The molecule has 25 heavy (non-hydrogen) atoms. The number of anilines is 1. The molecular formula is C18H18N4O2S. The number of aryl methyl sites for hydroxylation is 1. The molecule has 1 saturated heterocycles. The van der Waals surface area contributed by atoms with Crippen LogP contribution in [-0.4, -0.2) is 44.8 Å². The molecule has 7 heteroatoms. The SMILES string of the molecule is Cn1nccc1-c1cccc(C(=O)c2cnc(N3CCC(O)C3)s2)c1. The molecule has 1 aromatic carbocycles. The zero-order valence-electron chi connectivity index (χ0n) is 13.8. The van der Waals surface area contributed by atoms with Crippen molar-refractivity contribution in [2.75, 3.05) is 18.0 Å². The number of hydrogen-bond acceptors (Lipinski definition) is 6. The van der Waals surface area contributed by atoms with Crippen molar-refractivity contribution >= 4 is 22.3 Å². The van der Waals surface area contributed by atoms with Crippen molar-refractivity contribution in [1.82, 2.24) is 14.8 Å². The number of rotatable bonds is 4. The number of nitrogens with zero attached hydrogens (tertiary/aromatic N) is 4. The van der Waals surface area contributed by atoms with Gasteiger partial charge in [0.2, 0.25) is 5.78 Å². The molecule has 6 nitrogen and oxygen atoms in total. The van der Waals surface area contributed by atoms with Crippen LogP contribution < -0.4 is 4.90 Å². The average Bonchev–Trinajstić information content (AvgIpc) is 3.34. The minimum Gasteiger partial charge on any atom is -0.391 e. The highest BCUT2D eigenvalue weighted by molar-refractivity contribution is 7.17. The zero-order chi connectivity index (χ0) is 17.4. The van der Waals surface area contributed by atoms with Crippen LogP contribution >= 0.6 is 11.3 Å². The molecule has 1 N–H and O–H groups in total. The van der Waals surface area contributed by atoms with Crippen LogP contribution in [0.3, 0.4) is 0 Å². The van der Waals surface area contributed by atoms with Crippen LogP contribution in [0.1, 0.15) is 21.7 Å². The average molecular weight is 354 g/mol. The quantitative estimate of drug-likeness (QED) is 0.728. The van der Waals surface area contributed by atoms with E-state index in [9.17, 15) is 9.90 Å². The van der Waals surface area contributed by atoms with E-state index in [0.29, 0.717) is 17.0 Å². The molecular weight excluding hydrogens is 336 g/mol. The molecule has 1 aliphatic heterocycles. The number of ketones is 1. The molecule has 1 atom stereocenters. The minimum atomic E-state index is -0.307. The third kappa shape index (κ3) is 3.08. The van der Waals surface area contributed by atoms with Crippen LogP contribution in [0.15, 0.2) is 42.7 Å². The molecule has 0 amide bonds. The largest absolute Gasteiger partial charge is 0.391 e. The van der Waals surface area contributed by atoms with Gasteiger partial charge in [-0.15, -0.1) is 0 Å². The number of carbonyl (C=O) groups excluding carboxylic acids is 1. The van der Waals surface area contributed by atoms with Crippen molar-refractivity contribution in [3.05, 3.63) is 53.2 Å². The van der Waals surface area contributed by atoms with Gasteiger partial charge in [0.1, 0.15) is 0 Å². The van der Waals surface area contributed by atoms with Gasteiger partial charge in [-0.2, -0.15) is 5.10 Å². The maximum Gasteiger partial charge on any atom is 0.204 e. The van der Waals surface area contributed by atoms with Crippen molar-refractivity contribution in [1.29, 1.82) is 0 Å². The molecule has 2 aromatic heterocycles. The number of aromatic nitrogens is 3. The first kappa shape index (κ1) is 16.0. The van der Waals surface area contributed by atoms with Crippen molar-refractivity contribution < 1.29 is 9.90 Å². The number of aliphatic hydroxyl groups is 1. The van der Waals surface area contributed by atoms with Gasteiger partial charge in [0.25, 0.3) is 0 Å². The fourth-order valence-electron chi connectivity index (χ4n) is 3.05. The highest BCUT2D eigenvalue weighted by Crippen LogP contribution is 2.28. The summed E-state index contributed by atoms with van der Waals surface area (Å²) in [6.45, 7) is 1.36. The van der Waals surface area contributed by atoms with E-state index in [-0.39, 0.29) is 11.9 Å². The number of benzene rings is 1. The summed E-state index contributed by atoms with van der Waals surface area (Å²) < 4.78 is 1.78. The van der Waals surface area contributed by atoms with Gasteiger partial charge in [0.05, 0.1) is 22.9 Å². The number of β-amino-alcohol motifs (C(OH)–C–C–N with tert-alkyl or cyclic N) is 1. The summed E-state index contributed by atoms with van der Waals surface area (Å²) in [7, 11) is 1.88. The van der Waals surface area contributed by atoms with E-state index in [1.54, 1.807) is 17.1 Å². The monoisotopic (exact) mass is 354 g/mol. The summed E-state index contributed by atoms with van der Waals surface area (Å²) in [5, 5.41) is 14.6. The van der Waals surface area contributed by atoms with Gasteiger partial charge in [-0.3, -0.25) is 9.48 Å². The van der Waals surface area contributed by atoms with Gasteiger partial charge in [0, 0.05) is 37.5 Å². The zero-order valence-corrected chi connectivity index (χ0v) is 14.6. The van der Waals surface area contributed by atoms with Crippen LogP contribution in [0.2, 0.25) is 0 Å². The summed E-state index contributed by atoms with van der Waals surface area (Å²) in [5.41, 5.74) is 2.55. The molecule has 128 valence electrons. The van der Waals surface area contributed by atoms with Crippen LogP contribution in [0, 0.1) is 0 Å². The summed E-state index contributed by atoms with van der Waals surface area (Å²) in [5.74, 6) is -0.0347. The van der Waals surface area contributed by atoms with Crippen LogP contribution in [0.4, 0.5) is 5.13 Å². The fraction of sp³-hybridized carbons (Fsp3) is 0.278. The Morgan fingerprint density at radius 2 is 2.24 bits per heavy atom. The molecule has 0 radical (unpaired) electrons. The summed E-state index contributed by atoms with van der Waals surface area (Å²) >= 11 is 1.38. The van der Waals surface area contributed by atoms with Gasteiger partial charge < -0.3 is 10.0 Å². The molecule has 3 heterocycles. The Balaban J connectivity index is 1.59. The molecule has 3 aromatic rings. The Labute approximate surface area is 149 Å². The Morgan fingerprint density at radius 1 is 1.36 bits per heavy atom. The molecule has 0 bridgehead atoms. The third-order valence-corrected chi connectivity index (χ3v) is 5.45. The Bertz CT molecular complexity index is 917. The van der Waals surface area contributed by atoms with Crippen molar-refractivity contribution in [3.8, 4) is 11.3 Å². The molecule has 0 aliphatic carbocycles. The number of thiazole rings is 1. The standard InChI is InChI=1S/C18H18N4O2S/c1-21-15(5-7-20-21)12-3-2-4-13(9-12)17(24)16-10-19-18(25-16)22-8-6-14(23)11-22/h2-5,7,9-10,14,23H,6,8,11H2,1H3. The first-order valence-corrected chi connectivity index (χ1v) is 8.95. The maximum atomic E-state index is 12.8. The Morgan fingerprint density at radius 3 is 2.96 bits per heavy atom. The van der Waals surface area contributed by atoms with E-state index in [4.69, 9.17) is 0 Å². The second kappa shape index (κ2) is 6.42. The van der Waals surface area contributed by atoms with E-state index in [1.807, 2.05) is 42.3 Å². The van der Waals surface area contributed by atoms with E-state index in [0.717, 1.165) is 29.4 Å². The summed E-state index contributed by atoms with van der Waals surface area (Å²) in [4.78, 5) is 19.8. The van der Waals surface area contributed by atoms with Gasteiger partial charge >= 0.3 is 0 Å².